The van der Waals surface area contributed by atoms with E-state index in [4.69, 9.17) is 11.6 Å². The van der Waals surface area contributed by atoms with Crippen molar-refractivity contribution in [2.45, 2.75) is 50.7 Å². The van der Waals surface area contributed by atoms with Crippen LogP contribution >= 0.6 is 11.6 Å². The first-order valence-electron chi connectivity index (χ1n) is 11.1. The monoisotopic (exact) mass is 530 g/mol. The fourth-order valence-corrected chi connectivity index (χ4v) is 4.16. The number of halogens is 7. The minimum absolute atomic E-state index is 0.122. The fraction of sp³-hybridized carbons (Fsp3) is 0.333. The summed E-state index contributed by atoms with van der Waals surface area (Å²) in [6, 6.07) is 9.76. The summed E-state index contributed by atoms with van der Waals surface area (Å²) in [7, 11) is 0. The Labute approximate surface area is 207 Å². The molecule has 1 aliphatic rings. The van der Waals surface area contributed by atoms with Crippen LogP contribution < -0.4 is 15.4 Å². The number of ether oxygens (including phenoxy) is 1. The van der Waals surface area contributed by atoms with E-state index in [1.165, 1.54) is 30.3 Å². The first kappa shape index (κ1) is 25.9. The van der Waals surface area contributed by atoms with Crippen LogP contribution in [-0.2, 0) is 6.18 Å². The van der Waals surface area contributed by atoms with Crippen molar-refractivity contribution in [2.24, 2.45) is 0 Å². The van der Waals surface area contributed by atoms with Gasteiger partial charge in [-0.2, -0.15) is 18.2 Å². The lowest BCUT2D eigenvalue weighted by Gasteiger charge is -2.23. The van der Waals surface area contributed by atoms with Gasteiger partial charge in [0.25, 0.3) is 0 Å². The highest BCUT2D eigenvalue weighted by Crippen LogP contribution is 2.35. The van der Waals surface area contributed by atoms with Crippen LogP contribution in [0.2, 0.25) is 5.02 Å². The quantitative estimate of drug-likeness (QED) is 0.315. The van der Waals surface area contributed by atoms with Crippen molar-refractivity contribution in [3.05, 3.63) is 59.1 Å². The first-order valence-corrected chi connectivity index (χ1v) is 11.5. The van der Waals surface area contributed by atoms with Crippen LogP contribution in [-0.4, -0.2) is 22.4 Å². The van der Waals surface area contributed by atoms with Gasteiger partial charge in [-0.1, -0.05) is 43.0 Å². The van der Waals surface area contributed by atoms with Gasteiger partial charge >= 0.3 is 12.5 Å². The third kappa shape index (κ3) is 6.93. The van der Waals surface area contributed by atoms with Crippen LogP contribution in [0.3, 0.4) is 0 Å². The lowest BCUT2D eigenvalue weighted by atomic mass is 9.96. The van der Waals surface area contributed by atoms with Crippen molar-refractivity contribution >= 4 is 29.1 Å². The summed E-state index contributed by atoms with van der Waals surface area (Å²) in [4.78, 5) is 8.88. The predicted octanol–water partition coefficient (Wildman–Crippen LogP) is 8.20. The number of anilines is 3. The van der Waals surface area contributed by atoms with E-state index in [-0.39, 0.29) is 34.2 Å². The van der Waals surface area contributed by atoms with Gasteiger partial charge in [0.1, 0.15) is 11.6 Å². The molecule has 192 valence electrons. The first-order chi connectivity index (χ1) is 17.0. The second kappa shape index (κ2) is 10.4. The minimum Gasteiger partial charge on any atom is -0.406 e. The topological polar surface area (TPSA) is 59.1 Å². The molecule has 36 heavy (non-hydrogen) atoms. The van der Waals surface area contributed by atoms with Crippen molar-refractivity contribution in [3.8, 4) is 17.0 Å². The van der Waals surface area contributed by atoms with E-state index in [1.807, 2.05) is 0 Å². The van der Waals surface area contributed by atoms with Crippen molar-refractivity contribution in [3.63, 3.8) is 0 Å². The number of nitrogens with one attached hydrogen (secondary N) is 2. The second-order valence-corrected chi connectivity index (χ2v) is 8.74. The molecule has 1 aromatic heterocycles. The summed E-state index contributed by atoms with van der Waals surface area (Å²) in [6.45, 7) is 0. The molecule has 1 heterocycles. The maximum Gasteiger partial charge on any atom is 0.573 e. The van der Waals surface area contributed by atoms with Gasteiger partial charge in [-0.25, -0.2) is 4.98 Å². The third-order valence-corrected chi connectivity index (χ3v) is 5.90. The molecule has 5 nitrogen and oxygen atoms in total. The van der Waals surface area contributed by atoms with Crippen LogP contribution in [0.1, 0.15) is 37.7 Å². The molecule has 0 unspecified atom stereocenters. The Hall–Kier alpha value is -3.21. The van der Waals surface area contributed by atoms with Gasteiger partial charge in [0.2, 0.25) is 5.95 Å². The zero-order valence-electron chi connectivity index (χ0n) is 18.7. The number of rotatable bonds is 6. The molecular formula is C24H21ClF6N4O. The molecule has 12 heteroatoms. The number of alkyl halides is 6. The van der Waals surface area contributed by atoms with Gasteiger partial charge in [-0.15, -0.1) is 13.2 Å². The molecule has 2 N–H and O–H groups in total. The smallest absolute Gasteiger partial charge is 0.406 e. The van der Waals surface area contributed by atoms with Gasteiger partial charge in [0, 0.05) is 17.7 Å². The van der Waals surface area contributed by atoms with Gasteiger partial charge < -0.3 is 15.4 Å². The van der Waals surface area contributed by atoms with Crippen LogP contribution in [0.15, 0.2) is 48.5 Å². The van der Waals surface area contributed by atoms with Gasteiger partial charge in [-0.3, -0.25) is 0 Å². The van der Waals surface area contributed by atoms with E-state index in [2.05, 4.69) is 25.3 Å². The standard InChI is InChI=1S/C24H21ClF6N4O/c25-18-12-15(23(26,27)28)9-10-19(18)33-21-13-20(14-5-4-8-17(11-14)36-24(29,30)31)34-22(35-21)32-16-6-2-1-3-7-16/h4-5,8-13,16H,1-3,6-7H2,(H2,32,33,34,35). The molecule has 0 bridgehead atoms. The number of hydrogen-bond donors (Lipinski definition) is 2. The number of nitrogens with zero attached hydrogens (tertiary/aromatic N) is 2. The van der Waals surface area contributed by atoms with Crippen molar-refractivity contribution in [1.82, 2.24) is 9.97 Å². The number of benzene rings is 2. The molecule has 0 spiro atoms. The van der Waals surface area contributed by atoms with Crippen molar-refractivity contribution in [2.75, 3.05) is 10.6 Å². The number of hydrogen-bond acceptors (Lipinski definition) is 5. The highest BCUT2D eigenvalue weighted by molar-refractivity contribution is 6.33. The normalized spacial score (nSPS) is 15.0. The molecule has 0 radical (unpaired) electrons. The molecule has 2 aromatic carbocycles. The Morgan fingerprint density at radius 1 is 0.889 bits per heavy atom. The van der Waals surface area contributed by atoms with E-state index in [0.717, 1.165) is 44.2 Å². The summed E-state index contributed by atoms with van der Waals surface area (Å²) in [5.41, 5.74) is -0.122. The molecule has 1 saturated carbocycles. The summed E-state index contributed by atoms with van der Waals surface area (Å²) in [5.74, 6) is 0.00915. The largest absolute Gasteiger partial charge is 0.573 e. The Bertz CT molecular complexity index is 1210. The maximum atomic E-state index is 13.0. The number of aromatic nitrogens is 2. The zero-order chi connectivity index (χ0) is 25.9. The van der Waals surface area contributed by atoms with E-state index < -0.39 is 23.9 Å². The summed E-state index contributed by atoms with van der Waals surface area (Å²) >= 11 is 6.08. The third-order valence-electron chi connectivity index (χ3n) is 5.59. The molecule has 1 aliphatic carbocycles. The minimum atomic E-state index is -4.86. The Morgan fingerprint density at radius 2 is 1.64 bits per heavy atom. The summed E-state index contributed by atoms with van der Waals surface area (Å²) in [5, 5.41) is 5.97. The van der Waals surface area contributed by atoms with E-state index in [1.54, 1.807) is 6.07 Å². The fourth-order valence-electron chi connectivity index (χ4n) is 3.94. The van der Waals surface area contributed by atoms with Gasteiger partial charge in [0.15, 0.2) is 0 Å². The van der Waals surface area contributed by atoms with Crippen LogP contribution in [0, 0.1) is 0 Å². The highest BCUT2D eigenvalue weighted by atomic mass is 35.5. The van der Waals surface area contributed by atoms with Crippen LogP contribution in [0.5, 0.6) is 5.75 Å². The molecule has 0 atom stereocenters. The Balaban J connectivity index is 1.68. The summed E-state index contributed by atoms with van der Waals surface area (Å²) < 4.78 is 81.1. The van der Waals surface area contributed by atoms with E-state index in [0.29, 0.717) is 5.56 Å². The molecule has 4 rings (SSSR count). The molecule has 0 aliphatic heterocycles. The van der Waals surface area contributed by atoms with Crippen LogP contribution in [0.25, 0.3) is 11.3 Å². The Morgan fingerprint density at radius 3 is 2.31 bits per heavy atom. The lowest BCUT2D eigenvalue weighted by molar-refractivity contribution is -0.274. The van der Waals surface area contributed by atoms with E-state index in [9.17, 15) is 26.3 Å². The zero-order valence-corrected chi connectivity index (χ0v) is 19.4. The molecule has 3 aromatic rings. The maximum absolute atomic E-state index is 13.0. The molecule has 0 saturated heterocycles. The summed E-state index contributed by atoms with van der Waals surface area (Å²) in [6.07, 6.45) is -4.37. The van der Waals surface area contributed by atoms with Gasteiger partial charge in [-0.05, 0) is 43.2 Å². The molecule has 0 amide bonds. The van der Waals surface area contributed by atoms with Crippen molar-refractivity contribution in [1.29, 1.82) is 0 Å². The second-order valence-electron chi connectivity index (χ2n) is 8.33. The molecule has 1 fully saturated rings. The predicted molar refractivity (Wildman–Crippen MR) is 124 cm³/mol. The van der Waals surface area contributed by atoms with Crippen molar-refractivity contribution < 1.29 is 31.1 Å². The Kier molecular flexibility index (Phi) is 7.49. The average Bonchev–Trinajstić information content (AvgIpc) is 2.79. The highest BCUT2D eigenvalue weighted by Gasteiger charge is 2.32. The van der Waals surface area contributed by atoms with Gasteiger partial charge in [0.05, 0.1) is 22.0 Å². The lowest BCUT2D eigenvalue weighted by Crippen LogP contribution is -2.23. The molecular weight excluding hydrogens is 510 g/mol. The SMILES string of the molecule is FC(F)(F)Oc1cccc(-c2cc(Nc3ccc(C(F)(F)F)cc3Cl)nc(NC3CCCCC3)n2)c1. The van der Waals surface area contributed by atoms with E-state index >= 15 is 0 Å². The average molecular weight is 531 g/mol. The van der Waals surface area contributed by atoms with Crippen LogP contribution in [0.4, 0.5) is 43.8 Å².